The van der Waals surface area contributed by atoms with Crippen molar-refractivity contribution in [3.05, 3.63) is 0 Å². The van der Waals surface area contributed by atoms with Gasteiger partial charge in [0.1, 0.15) is 6.04 Å². The van der Waals surface area contributed by atoms with E-state index in [1.165, 1.54) is 6.42 Å². The van der Waals surface area contributed by atoms with Gasteiger partial charge in [-0.15, -0.1) is 11.6 Å². The normalized spacial score (nSPS) is 33.3. The molecule has 0 spiro atoms. The SMILES string of the molecule is C[N+](C)(C)C1CC1Cl.[Cl-]. The second-order valence-corrected chi connectivity index (χ2v) is 4.00. The topological polar surface area (TPSA) is 0 Å². The molecule has 0 aromatic carbocycles. The van der Waals surface area contributed by atoms with Crippen LogP contribution >= 0.6 is 11.6 Å². The Bertz CT molecular complexity index is 97.7. The lowest BCUT2D eigenvalue weighted by atomic mass is 10.5. The molecule has 2 atom stereocenters. The summed E-state index contributed by atoms with van der Waals surface area (Å²) in [7, 11) is 6.56. The Balaban J connectivity index is 0.000000640. The number of alkyl halides is 1. The van der Waals surface area contributed by atoms with E-state index in [4.69, 9.17) is 11.6 Å². The van der Waals surface area contributed by atoms with Gasteiger partial charge in [-0.25, -0.2) is 0 Å². The summed E-state index contributed by atoms with van der Waals surface area (Å²) in [5.41, 5.74) is 0. The first-order valence-corrected chi connectivity index (χ1v) is 3.40. The second-order valence-electron chi connectivity index (χ2n) is 3.44. The van der Waals surface area contributed by atoms with Crippen molar-refractivity contribution in [2.75, 3.05) is 21.1 Å². The van der Waals surface area contributed by atoms with E-state index in [1.807, 2.05) is 0 Å². The molecule has 1 fully saturated rings. The van der Waals surface area contributed by atoms with Crippen molar-refractivity contribution >= 4 is 11.6 Å². The summed E-state index contributed by atoms with van der Waals surface area (Å²) < 4.78 is 1.02. The molecule has 0 radical (unpaired) electrons. The van der Waals surface area contributed by atoms with E-state index in [-0.39, 0.29) is 12.4 Å². The molecule has 1 aliphatic carbocycles. The number of nitrogens with zero attached hydrogens (tertiary/aromatic N) is 1. The molecular formula is C6H13Cl2N. The summed E-state index contributed by atoms with van der Waals surface area (Å²) in [5.74, 6) is 0. The zero-order valence-corrected chi connectivity index (χ0v) is 7.58. The first-order chi connectivity index (χ1) is 3.52. The van der Waals surface area contributed by atoms with Gasteiger partial charge in [-0.05, 0) is 0 Å². The summed E-state index contributed by atoms with van der Waals surface area (Å²) >= 11 is 5.82. The van der Waals surface area contributed by atoms with Crippen LogP contribution in [0.25, 0.3) is 0 Å². The van der Waals surface area contributed by atoms with E-state index in [0.29, 0.717) is 5.38 Å². The Morgan fingerprint density at radius 2 is 1.67 bits per heavy atom. The van der Waals surface area contributed by atoms with Crippen LogP contribution < -0.4 is 12.4 Å². The predicted octanol–water partition coefficient (Wildman–Crippen LogP) is -1.92. The van der Waals surface area contributed by atoms with Crippen molar-refractivity contribution < 1.29 is 16.9 Å². The van der Waals surface area contributed by atoms with Crippen LogP contribution in [0.5, 0.6) is 0 Å². The molecule has 0 N–H and O–H groups in total. The first kappa shape index (κ1) is 9.54. The molecule has 56 valence electrons. The molecule has 1 saturated carbocycles. The molecule has 2 unspecified atom stereocenters. The van der Waals surface area contributed by atoms with E-state index in [2.05, 4.69) is 21.1 Å². The van der Waals surface area contributed by atoms with Crippen LogP contribution in [0.4, 0.5) is 0 Å². The van der Waals surface area contributed by atoms with Crippen LogP contribution in [0.2, 0.25) is 0 Å². The quantitative estimate of drug-likeness (QED) is 0.318. The lowest BCUT2D eigenvalue weighted by molar-refractivity contribution is -0.881. The zero-order valence-electron chi connectivity index (χ0n) is 6.06. The minimum absolute atomic E-state index is 0. The average molecular weight is 170 g/mol. The second kappa shape index (κ2) is 2.65. The van der Waals surface area contributed by atoms with Gasteiger partial charge in [-0.2, -0.15) is 0 Å². The van der Waals surface area contributed by atoms with Gasteiger partial charge in [0.05, 0.1) is 26.5 Å². The van der Waals surface area contributed by atoms with Crippen LogP contribution in [-0.4, -0.2) is 37.0 Å². The highest BCUT2D eigenvalue weighted by atomic mass is 35.5. The van der Waals surface area contributed by atoms with E-state index in [0.717, 1.165) is 10.5 Å². The van der Waals surface area contributed by atoms with Gasteiger partial charge in [0, 0.05) is 6.42 Å². The van der Waals surface area contributed by atoms with Crippen molar-refractivity contribution in [2.45, 2.75) is 17.8 Å². The molecule has 0 aromatic rings. The fourth-order valence-corrected chi connectivity index (χ4v) is 1.47. The van der Waals surface area contributed by atoms with Crippen LogP contribution in [0, 0.1) is 0 Å². The van der Waals surface area contributed by atoms with E-state index in [1.54, 1.807) is 0 Å². The Labute approximate surface area is 68.0 Å². The first-order valence-electron chi connectivity index (χ1n) is 2.97. The third-order valence-corrected chi connectivity index (χ3v) is 2.15. The summed E-state index contributed by atoms with van der Waals surface area (Å²) in [5, 5.41) is 0.454. The van der Waals surface area contributed by atoms with Crippen molar-refractivity contribution in [1.29, 1.82) is 0 Å². The third kappa shape index (κ3) is 2.32. The summed E-state index contributed by atoms with van der Waals surface area (Å²) in [6, 6.07) is 0.719. The standard InChI is InChI=1S/C6H13ClN.ClH/c1-8(2,3)6-4-5(6)7;/h5-6H,4H2,1-3H3;1H/q+1;/p-1. The Kier molecular flexibility index (Phi) is 2.81. The van der Waals surface area contributed by atoms with Gasteiger partial charge < -0.3 is 16.9 Å². The van der Waals surface area contributed by atoms with E-state index >= 15 is 0 Å². The van der Waals surface area contributed by atoms with Gasteiger partial charge in [-0.1, -0.05) is 0 Å². The molecule has 0 aliphatic heterocycles. The van der Waals surface area contributed by atoms with Crippen LogP contribution in [-0.2, 0) is 0 Å². The summed E-state index contributed by atoms with van der Waals surface area (Å²) in [4.78, 5) is 0. The van der Waals surface area contributed by atoms with Crippen molar-refractivity contribution in [2.24, 2.45) is 0 Å². The average Bonchev–Trinajstić information content (AvgIpc) is 2.13. The lowest BCUT2D eigenvalue weighted by Gasteiger charge is -2.23. The number of rotatable bonds is 1. The van der Waals surface area contributed by atoms with Gasteiger partial charge in [0.25, 0.3) is 0 Å². The minimum Gasteiger partial charge on any atom is -1.00 e. The van der Waals surface area contributed by atoms with Crippen LogP contribution in [0.1, 0.15) is 6.42 Å². The van der Waals surface area contributed by atoms with Crippen molar-refractivity contribution in [3.8, 4) is 0 Å². The van der Waals surface area contributed by atoms with Gasteiger partial charge in [-0.3, -0.25) is 0 Å². The molecule has 0 heterocycles. The highest BCUT2D eigenvalue weighted by Crippen LogP contribution is 2.34. The van der Waals surface area contributed by atoms with Crippen LogP contribution in [0.15, 0.2) is 0 Å². The Hall–Kier alpha value is 0.540. The molecule has 0 bridgehead atoms. The number of hydrogen-bond donors (Lipinski definition) is 0. The molecule has 0 amide bonds. The van der Waals surface area contributed by atoms with E-state index < -0.39 is 0 Å². The highest BCUT2D eigenvalue weighted by Gasteiger charge is 2.46. The molecule has 3 heteroatoms. The maximum atomic E-state index is 5.82. The highest BCUT2D eigenvalue weighted by molar-refractivity contribution is 6.22. The fraction of sp³-hybridized carbons (Fsp3) is 1.00. The summed E-state index contributed by atoms with van der Waals surface area (Å²) in [6.07, 6.45) is 1.20. The lowest BCUT2D eigenvalue weighted by Crippen LogP contribution is -3.00. The minimum atomic E-state index is 0. The van der Waals surface area contributed by atoms with E-state index in [9.17, 15) is 0 Å². The molecule has 0 aromatic heterocycles. The van der Waals surface area contributed by atoms with Crippen LogP contribution in [0.3, 0.4) is 0 Å². The number of quaternary nitrogens is 1. The van der Waals surface area contributed by atoms with Gasteiger partial charge in [0.15, 0.2) is 0 Å². The Morgan fingerprint density at radius 1 is 1.33 bits per heavy atom. The maximum absolute atomic E-state index is 5.82. The molecule has 0 saturated heterocycles. The maximum Gasteiger partial charge on any atom is 0.107 e. The zero-order chi connectivity index (χ0) is 6.36. The van der Waals surface area contributed by atoms with Crippen molar-refractivity contribution in [3.63, 3.8) is 0 Å². The number of halogens is 2. The molecule has 1 rings (SSSR count). The number of hydrogen-bond acceptors (Lipinski definition) is 0. The Morgan fingerprint density at radius 3 is 1.67 bits per heavy atom. The van der Waals surface area contributed by atoms with Gasteiger partial charge in [0.2, 0.25) is 0 Å². The molecular weight excluding hydrogens is 157 g/mol. The third-order valence-electron chi connectivity index (χ3n) is 1.68. The van der Waals surface area contributed by atoms with Gasteiger partial charge >= 0.3 is 0 Å². The molecule has 1 aliphatic rings. The van der Waals surface area contributed by atoms with Crippen molar-refractivity contribution in [1.82, 2.24) is 0 Å². The monoisotopic (exact) mass is 169 g/mol. The smallest absolute Gasteiger partial charge is 0.107 e. The largest absolute Gasteiger partial charge is 1.00 e. The predicted molar refractivity (Wildman–Crippen MR) is 36.1 cm³/mol. The summed E-state index contributed by atoms with van der Waals surface area (Å²) in [6.45, 7) is 0. The fourth-order valence-electron chi connectivity index (χ4n) is 0.954. The molecule has 1 nitrogen and oxygen atoms in total. The molecule has 9 heavy (non-hydrogen) atoms.